The highest BCUT2D eigenvalue weighted by atomic mass is 16.2. The zero-order valence-corrected chi connectivity index (χ0v) is 28.2. The third kappa shape index (κ3) is 7.92. The van der Waals surface area contributed by atoms with Crippen molar-refractivity contribution < 1.29 is 14.4 Å². The average Bonchev–Trinajstić information content (AvgIpc) is 3.16. The molecule has 2 aliphatic heterocycles. The molecular weight excluding hydrogens is 622 g/mol. The number of aromatic nitrogens is 1. The summed E-state index contributed by atoms with van der Waals surface area (Å²) in [4.78, 5) is 50.3. The Labute approximate surface area is 293 Å². The van der Waals surface area contributed by atoms with Gasteiger partial charge in [0, 0.05) is 31.9 Å². The normalized spacial score (nSPS) is 18.2. The van der Waals surface area contributed by atoms with Crippen LogP contribution < -0.4 is 10.6 Å². The molecule has 254 valence electrons. The van der Waals surface area contributed by atoms with Crippen LogP contribution in [0.4, 0.5) is 0 Å². The maximum absolute atomic E-state index is 14.5. The Hall–Kier alpha value is -5.34. The highest BCUT2D eigenvalue weighted by molar-refractivity contribution is 5.97. The number of hydrogen-bond acceptors (Lipinski definition) is 5. The van der Waals surface area contributed by atoms with Gasteiger partial charge in [0.1, 0.15) is 12.1 Å². The van der Waals surface area contributed by atoms with Gasteiger partial charge in [-0.05, 0) is 76.5 Å². The van der Waals surface area contributed by atoms with Gasteiger partial charge in [0.05, 0.1) is 13.0 Å². The van der Waals surface area contributed by atoms with E-state index in [2.05, 4.69) is 64.1 Å². The predicted octanol–water partition coefficient (Wildman–Crippen LogP) is 5.41. The molecule has 0 radical (unpaired) electrons. The first kappa shape index (κ1) is 33.2. The molecule has 7 rings (SSSR count). The molecule has 0 aliphatic carbocycles. The zero-order valence-electron chi connectivity index (χ0n) is 28.2. The number of hydrogen-bond donors (Lipinski definition) is 2. The molecule has 2 fully saturated rings. The van der Waals surface area contributed by atoms with Gasteiger partial charge in [-0.25, -0.2) is 0 Å². The Morgan fingerprint density at radius 1 is 0.760 bits per heavy atom. The van der Waals surface area contributed by atoms with Crippen molar-refractivity contribution in [2.24, 2.45) is 5.92 Å². The molecule has 8 heteroatoms. The molecule has 5 aromatic rings. The first-order chi connectivity index (χ1) is 24.5. The van der Waals surface area contributed by atoms with Crippen LogP contribution in [0.1, 0.15) is 29.5 Å². The highest BCUT2D eigenvalue weighted by Crippen LogP contribution is 2.25. The number of piperazine rings is 1. The summed E-state index contributed by atoms with van der Waals surface area (Å²) in [5.74, 6) is -0.129. The molecule has 2 aliphatic rings. The van der Waals surface area contributed by atoms with Crippen LogP contribution in [0.25, 0.3) is 21.9 Å². The van der Waals surface area contributed by atoms with Crippen LogP contribution in [0.5, 0.6) is 0 Å². The summed E-state index contributed by atoms with van der Waals surface area (Å²) in [6, 6.07) is 34.8. The van der Waals surface area contributed by atoms with Crippen molar-refractivity contribution in [1.29, 1.82) is 0 Å². The molecule has 0 unspecified atom stereocenters. The molecule has 8 nitrogen and oxygen atoms in total. The van der Waals surface area contributed by atoms with Gasteiger partial charge in [-0.2, -0.15) is 0 Å². The number of rotatable bonds is 11. The van der Waals surface area contributed by atoms with Crippen molar-refractivity contribution >= 4 is 28.5 Å². The van der Waals surface area contributed by atoms with E-state index in [1.807, 2.05) is 65.6 Å². The van der Waals surface area contributed by atoms with Crippen LogP contribution in [-0.4, -0.2) is 70.8 Å². The number of amides is 3. The summed E-state index contributed by atoms with van der Waals surface area (Å²) < 4.78 is 0. The third-order valence-corrected chi connectivity index (χ3v) is 10.0. The van der Waals surface area contributed by atoms with E-state index < -0.39 is 12.1 Å². The summed E-state index contributed by atoms with van der Waals surface area (Å²) in [6.45, 7) is 2.74. The summed E-state index contributed by atoms with van der Waals surface area (Å²) >= 11 is 0. The number of nitrogens with one attached hydrogen (secondary N) is 2. The standard InChI is InChI=1S/C42H43N5O3/c48-40(25-33-7-6-20-44-26-33)46(27-31-18-21-43-22-19-31)29-39-41(49)45-38(24-32-14-17-35-10-4-5-11-37(35)23-32)42(50)47(39)28-30-12-15-36(16-13-30)34-8-2-1-3-9-34/h1-17,20,23,26,31,38-39,43H,18-19,21-22,24-25,27-29H2,(H,45,49)/t38-,39-/m0/s1. The Morgan fingerprint density at radius 2 is 1.48 bits per heavy atom. The molecule has 0 spiro atoms. The van der Waals surface area contributed by atoms with Crippen LogP contribution in [0.3, 0.4) is 0 Å². The van der Waals surface area contributed by atoms with E-state index in [0.717, 1.165) is 64.5 Å². The number of carbonyl (C=O) groups is 3. The molecule has 4 aromatic carbocycles. The molecule has 0 bridgehead atoms. The number of pyridine rings is 1. The maximum Gasteiger partial charge on any atom is 0.246 e. The fourth-order valence-corrected chi connectivity index (χ4v) is 7.22. The molecular formula is C42H43N5O3. The van der Waals surface area contributed by atoms with Crippen LogP contribution in [0.2, 0.25) is 0 Å². The predicted molar refractivity (Wildman–Crippen MR) is 196 cm³/mol. The van der Waals surface area contributed by atoms with Crippen LogP contribution >= 0.6 is 0 Å². The second-order valence-corrected chi connectivity index (χ2v) is 13.5. The number of benzene rings is 4. The molecule has 3 heterocycles. The smallest absolute Gasteiger partial charge is 0.246 e. The van der Waals surface area contributed by atoms with Gasteiger partial charge in [0.25, 0.3) is 0 Å². The average molecular weight is 666 g/mol. The Kier molecular flexibility index (Phi) is 10.3. The number of fused-ring (bicyclic) bond motifs is 1. The monoisotopic (exact) mass is 665 g/mol. The number of carbonyl (C=O) groups excluding carboxylic acids is 3. The van der Waals surface area contributed by atoms with E-state index in [0.29, 0.717) is 18.9 Å². The van der Waals surface area contributed by atoms with Gasteiger partial charge >= 0.3 is 0 Å². The van der Waals surface area contributed by atoms with Crippen LogP contribution in [0.15, 0.2) is 122 Å². The molecule has 3 amide bonds. The Balaban J connectivity index is 1.17. The minimum Gasteiger partial charge on any atom is -0.342 e. The van der Waals surface area contributed by atoms with Crippen molar-refractivity contribution in [2.45, 2.75) is 44.3 Å². The third-order valence-electron chi connectivity index (χ3n) is 10.0. The second kappa shape index (κ2) is 15.5. The molecule has 0 saturated carbocycles. The lowest BCUT2D eigenvalue weighted by atomic mass is 9.95. The molecule has 2 saturated heterocycles. The topological polar surface area (TPSA) is 94.6 Å². The van der Waals surface area contributed by atoms with Crippen molar-refractivity contribution in [1.82, 2.24) is 25.4 Å². The maximum atomic E-state index is 14.5. The first-order valence-corrected chi connectivity index (χ1v) is 17.6. The van der Waals surface area contributed by atoms with E-state index in [1.165, 1.54) is 0 Å². The number of piperidine rings is 1. The van der Waals surface area contributed by atoms with E-state index in [1.54, 1.807) is 17.3 Å². The van der Waals surface area contributed by atoms with Gasteiger partial charge in [-0.3, -0.25) is 19.4 Å². The fraction of sp³-hybridized carbons (Fsp3) is 0.286. The second-order valence-electron chi connectivity index (χ2n) is 13.5. The van der Waals surface area contributed by atoms with Gasteiger partial charge in [-0.15, -0.1) is 0 Å². The molecule has 50 heavy (non-hydrogen) atoms. The van der Waals surface area contributed by atoms with E-state index >= 15 is 0 Å². The first-order valence-electron chi connectivity index (χ1n) is 17.6. The van der Waals surface area contributed by atoms with Gasteiger partial charge in [-0.1, -0.05) is 103 Å². The lowest BCUT2D eigenvalue weighted by Crippen LogP contribution is -2.66. The molecule has 2 N–H and O–H groups in total. The zero-order chi connectivity index (χ0) is 34.3. The molecule has 2 atom stereocenters. The van der Waals surface area contributed by atoms with E-state index in [4.69, 9.17) is 0 Å². The summed E-state index contributed by atoms with van der Waals surface area (Å²) in [7, 11) is 0. The van der Waals surface area contributed by atoms with Crippen molar-refractivity contribution in [3.05, 3.63) is 138 Å². The van der Waals surface area contributed by atoms with Gasteiger partial charge < -0.3 is 20.4 Å². The number of nitrogens with zero attached hydrogens (tertiary/aromatic N) is 3. The summed E-state index contributed by atoms with van der Waals surface area (Å²) in [5.41, 5.74) is 4.92. The lowest BCUT2D eigenvalue weighted by molar-refractivity contribution is -0.152. The minimum atomic E-state index is -0.830. The van der Waals surface area contributed by atoms with E-state index in [-0.39, 0.29) is 37.2 Å². The van der Waals surface area contributed by atoms with Gasteiger partial charge in [0.2, 0.25) is 17.7 Å². The fourth-order valence-electron chi connectivity index (χ4n) is 7.22. The van der Waals surface area contributed by atoms with Crippen LogP contribution in [0, 0.1) is 5.92 Å². The minimum absolute atomic E-state index is 0.0674. The van der Waals surface area contributed by atoms with Crippen LogP contribution in [-0.2, 0) is 33.8 Å². The summed E-state index contributed by atoms with van der Waals surface area (Å²) in [5, 5.41) is 8.69. The Morgan fingerprint density at radius 3 is 2.24 bits per heavy atom. The van der Waals surface area contributed by atoms with Crippen molar-refractivity contribution in [3.63, 3.8) is 0 Å². The quantitative estimate of drug-likeness (QED) is 0.197. The van der Waals surface area contributed by atoms with Crippen molar-refractivity contribution in [3.8, 4) is 11.1 Å². The largest absolute Gasteiger partial charge is 0.342 e. The van der Waals surface area contributed by atoms with Crippen molar-refractivity contribution in [2.75, 3.05) is 26.2 Å². The Bertz CT molecular complexity index is 1930. The summed E-state index contributed by atoms with van der Waals surface area (Å²) in [6.07, 6.45) is 5.88. The molecule has 1 aromatic heterocycles. The van der Waals surface area contributed by atoms with Gasteiger partial charge in [0.15, 0.2) is 0 Å². The lowest BCUT2D eigenvalue weighted by Gasteiger charge is -2.42. The SMILES string of the molecule is O=C1N[C@@H](Cc2ccc3ccccc3c2)C(=O)N(Cc2ccc(-c3ccccc3)cc2)[C@H]1CN(CC1CCNCC1)C(=O)Cc1cccnc1. The van der Waals surface area contributed by atoms with E-state index in [9.17, 15) is 14.4 Å². The highest BCUT2D eigenvalue weighted by Gasteiger charge is 2.42.